The Balaban J connectivity index is 1.59. The van der Waals surface area contributed by atoms with Crippen LogP contribution in [0.1, 0.15) is 65.9 Å². The maximum absolute atomic E-state index is 13.8. The van der Waals surface area contributed by atoms with Gasteiger partial charge in [-0.05, 0) is 41.0 Å². The van der Waals surface area contributed by atoms with E-state index in [1.54, 1.807) is 57.7 Å². The van der Waals surface area contributed by atoms with Crippen LogP contribution in [0, 0.1) is 17.8 Å². The van der Waals surface area contributed by atoms with E-state index >= 15 is 0 Å². The first-order valence-corrected chi connectivity index (χ1v) is 24.0. The number of rotatable bonds is 25. The van der Waals surface area contributed by atoms with Gasteiger partial charge < -0.3 is 36.6 Å². The average Bonchev–Trinajstić information content (AvgIpc) is 3.50. The first kappa shape index (κ1) is 56.2. The average molecular weight is 962 g/mol. The maximum atomic E-state index is 13.8. The number of nitrogens with zero attached hydrogens (tertiary/aromatic N) is 5. The van der Waals surface area contributed by atoms with E-state index in [1.807, 2.05) is 32.6 Å². The molecule has 2 saturated heterocycles. The van der Waals surface area contributed by atoms with Crippen molar-refractivity contribution in [1.29, 1.82) is 0 Å². The maximum Gasteiger partial charge on any atom is 0.319 e. The van der Waals surface area contributed by atoms with Crippen molar-refractivity contribution >= 4 is 70.8 Å². The number of hydrogen-bond donors (Lipinski definition) is 7. The summed E-state index contributed by atoms with van der Waals surface area (Å²) in [6, 6.07) is 5.26. The first-order chi connectivity index (χ1) is 31.7. The fraction of sp³-hybridized carbons (Fsp3) is 0.667. The fourth-order valence-corrected chi connectivity index (χ4v) is 8.56. The third kappa shape index (κ3) is 21.1. The second-order valence-electron chi connectivity index (χ2n) is 17.6. The molecule has 1 aromatic rings. The van der Waals surface area contributed by atoms with E-state index in [0.29, 0.717) is 42.6 Å². The number of aliphatic carboxylic acids is 3. The van der Waals surface area contributed by atoms with E-state index in [2.05, 4.69) is 21.3 Å². The third-order valence-corrected chi connectivity index (χ3v) is 13.0. The Morgan fingerprint density at radius 1 is 0.746 bits per heavy atom. The van der Waals surface area contributed by atoms with Crippen molar-refractivity contribution < 1.29 is 58.5 Å². The lowest BCUT2D eigenvalue weighted by molar-refractivity contribution is -0.140. The first-order valence-electron chi connectivity index (χ1n) is 23.0. The monoisotopic (exact) mass is 961 g/mol. The van der Waals surface area contributed by atoms with Crippen LogP contribution in [0.15, 0.2) is 24.3 Å². The van der Waals surface area contributed by atoms with E-state index in [4.69, 9.17) is 0 Å². The van der Waals surface area contributed by atoms with Crippen molar-refractivity contribution in [1.82, 2.24) is 40.4 Å². The number of benzene rings is 1. The number of Topliss-reactive ketones (excluding diaryl/α,β-unsaturated/α-hetero) is 1. The molecule has 2 aliphatic rings. The largest absolute Gasteiger partial charge is 0.480 e. The van der Waals surface area contributed by atoms with Crippen molar-refractivity contribution in [2.45, 2.75) is 78.1 Å². The van der Waals surface area contributed by atoms with Crippen LogP contribution in [0.2, 0.25) is 0 Å². The van der Waals surface area contributed by atoms with E-state index in [-0.39, 0.29) is 133 Å². The number of carboxylic acids is 3. The number of imide groups is 1. The molecule has 1 aromatic carbocycles. The summed E-state index contributed by atoms with van der Waals surface area (Å²) in [5, 5.41) is 39.9. The summed E-state index contributed by atoms with van der Waals surface area (Å²) >= 11 is 1.64. The van der Waals surface area contributed by atoms with Crippen LogP contribution in [0.5, 0.6) is 0 Å². The number of amides is 6. The Morgan fingerprint density at radius 2 is 1.25 bits per heavy atom. The molecule has 0 radical (unpaired) electrons. The van der Waals surface area contributed by atoms with Gasteiger partial charge in [0.05, 0.1) is 32.2 Å². The zero-order chi connectivity index (χ0) is 49.6. The minimum Gasteiger partial charge on any atom is -0.480 e. The quantitative estimate of drug-likeness (QED) is 0.0672. The zero-order valence-corrected chi connectivity index (χ0v) is 40.3. The number of likely N-dealkylation sites (tertiary alicyclic amines) is 1. The molecule has 2 aliphatic heterocycles. The van der Waals surface area contributed by atoms with Crippen LogP contribution in [-0.4, -0.2) is 202 Å². The smallest absolute Gasteiger partial charge is 0.319 e. The molecule has 1 unspecified atom stereocenters. The van der Waals surface area contributed by atoms with Gasteiger partial charge in [0.15, 0.2) is 5.78 Å². The van der Waals surface area contributed by atoms with Gasteiger partial charge in [-0.3, -0.25) is 62.9 Å². The number of carbonyl (C=O) groups is 9. The van der Waals surface area contributed by atoms with Gasteiger partial charge in [0.25, 0.3) is 0 Å². The van der Waals surface area contributed by atoms with Crippen molar-refractivity contribution in [3.8, 4) is 0 Å². The second-order valence-corrected chi connectivity index (χ2v) is 19.2. The summed E-state index contributed by atoms with van der Waals surface area (Å²) in [7, 11) is 0. The number of carboxylic acid groups (broad SMARTS) is 3. The number of hydrogen-bond acceptors (Lipinski definition) is 14. The normalized spacial score (nSPS) is 18.6. The molecule has 0 spiro atoms. The number of thioether (sulfide) groups is 1. The van der Waals surface area contributed by atoms with Gasteiger partial charge in [0, 0.05) is 102 Å². The molecule has 22 heteroatoms. The molecular weight excluding hydrogens is 891 g/mol. The lowest BCUT2D eigenvalue weighted by Gasteiger charge is -2.32. The van der Waals surface area contributed by atoms with Crippen LogP contribution in [0.3, 0.4) is 0 Å². The van der Waals surface area contributed by atoms with Crippen LogP contribution in [0.25, 0.3) is 0 Å². The van der Waals surface area contributed by atoms with Gasteiger partial charge in [0.1, 0.15) is 0 Å². The summed E-state index contributed by atoms with van der Waals surface area (Å²) in [5.41, 5.74) is 1.15. The third-order valence-electron chi connectivity index (χ3n) is 11.8. The number of ketones is 1. The number of anilines is 1. The van der Waals surface area contributed by atoms with Gasteiger partial charge in [0.2, 0.25) is 23.6 Å². The van der Waals surface area contributed by atoms with Crippen molar-refractivity contribution in [3.05, 3.63) is 29.8 Å². The minimum atomic E-state index is -1.05. The van der Waals surface area contributed by atoms with E-state index in [1.165, 1.54) is 0 Å². The van der Waals surface area contributed by atoms with Crippen LogP contribution < -0.4 is 21.3 Å². The van der Waals surface area contributed by atoms with E-state index in [9.17, 15) is 58.5 Å². The molecule has 0 saturated carbocycles. The van der Waals surface area contributed by atoms with E-state index < -0.39 is 41.8 Å². The number of urea groups is 1. The summed E-state index contributed by atoms with van der Waals surface area (Å²) in [5.74, 6) is -5.32. The van der Waals surface area contributed by atoms with Crippen LogP contribution >= 0.6 is 11.8 Å². The molecule has 4 atom stereocenters. The van der Waals surface area contributed by atoms with Gasteiger partial charge in [-0.15, -0.1) is 0 Å². The zero-order valence-electron chi connectivity index (χ0n) is 39.5. The lowest BCUT2D eigenvalue weighted by Crippen LogP contribution is -2.49. The highest BCUT2D eigenvalue weighted by Gasteiger charge is 2.36. The SMILES string of the molecule is CC[C@H](C)[C@H](CC(=O)[C@H](CCSC(C)C)NC(=O)Nc1ccc(CNC(=O)CN2CCN(CC(=O)O)CCN(CC(=O)O)CCN(CC(=O)O)CC2)cc1)C(=O)NCCN1C(=O)CC(C)C1=O. The predicted molar refractivity (Wildman–Crippen MR) is 251 cm³/mol. The van der Waals surface area contributed by atoms with Crippen LogP contribution in [-0.2, 0) is 44.9 Å². The highest BCUT2D eigenvalue weighted by atomic mass is 32.2. The van der Waals surface area contributed by atoms with E-state index in [0.717, 1.165) is 10.5 Å². The Labute approximate surface area is 397 Å². The Morgan fingerprint density at radius 3 is 1.70 bits per heavy atom. The molecule has 21 nitrogen and oxygen atoms in total. The topological polar surface area (TPSA) is 279 Å². The molecule has 3 rings (SSSR count). The van der Waals surface area contributed by atoms with Crippen molar-refractivity contribution in [2.24, 2.45) is 17.8 Å². The van der Waals surface area contributed by atoms with Crippen LogP contribution in [0.4, 0.5) is 10.5 Å². The van der Waals surface area contributed by atoms with Gasteiger partial charge >= 0.3 is 23.9 Å². The molecule has 2 heterocycles. The summed E-state index contributed by atoms with van der Waals surface area (Å²) < 4.78 is 0. The second kappa shape index (κ2) is 28.9. The molecule has 7 N–H and O–H groups in total. The molecule has 0 aliphatic carbocycles. The lowest BCUT2D eigenvalue weighted by atomic mass is 9.85. The van der Waals surface area contributed by atoms with Gasteiger partial charge in [-0.1, -0.05) is 53.2 Å². The van der Waals surface area contributed by atoms with Gasteiger partial charge in [-0.25, -0.2) is 4.79 Å². The van der Waals surface area contributed by atoms with Gasteiger partial charge in [-0.2, -0.15) is 11.8 Å². The highest BCUT2D eigenvalue weighted by molar-refractivity contribution is 7.99. The Hall–Kier alpha value is -5.16. The number of nitrogens with one attached hydrogen (secondary N) is 4. The predicted octanol–water partition coefficient (Wildman–Crippen LogP) is 0.933. The molecule has 67 heavy (non-hydrogen) atoms. The molecule has 374 valence electrons. The standard InChI is InChI=1S/C45H71N9O12S/c1-6-31(4)35(43(64)46-12-13-54-39(57)23-32(5)44(54)65)24-37(55)36(11-22-67-30(2)3)49-45(66)48-34-9-7-33(8-10-34)25-47-38(56)26-50-14-16-51(27-40(58)59)18-20-53(29-42(62)63)21-19-52(17-15-50)28-41(60)61/h7-10,30-32,35-36H,6,11-29H2,1-5H3,(H,46,64)(H,47,56)(H,58,59)(H,60,61)(H,62,63)(H2,48,49,66)/t31-,32?,35-,36-/m0/s1. The summed E-state index contributed by atoms with van der Waals surface area (Å²) in [6.07, 6.45) is 0.987. The molecular formula is C45H71N9O12S. The van der Waals surface area contributed by atoms with Crippen molar-refractivity contribution in [3.63, 3.8) is 0 Å². The molecule has 0 aromatic heterocycles. The highest BCUT2D eigenvalue weighted by Crippen LogP contribution is 2.23. The summed E-state index contributed by atoms with van der Waals surface area (Å²) in [4.78, 5) is 121. The molecule has 0 bridgehead atoms. The molecule has 2 fully saturated rings. The Kier molecular flexibility index (Phi) is 24.2. The number of carbonyl (C=O) groups excluding carboxylic acids is 6. The fourth-order valence-electron chi connectivity index (χ4n) is 7.71. The summed E-state index contributed by atoms with van der Waals surface area (Å²) in [6.45, 7) is 11.1. The Bertz CT molecular complexity index is 1820. The molecule has 6 amide bonds. The van der Waals surface area contributed by atoms with Crippen molar-refractivity contribution in [2.75, 3.05) is 103 Å². The minimum absolute atomic E-state index is 0.0480.